The average Bonchev–Trinajstić information content (AvgIpc) is 2.73. The van der Waals surface area contributed by atoms with E-state index in [1.54, 1.807) is 6.92 Å². The largest absolute Gasteiger partial charge is 0.481 e. The molecule has 2 fully saturated rings. The van der Waals surface area contributed by atoms with E-state index in [2.05, 4.69) is 5.32 Å². The smallest absolute Gasteiger partial charge is 0.311 e. The van der Waals surface area contributed by atoms with E-state index in [1.165, 1.54) is 0 Å². The second kappa shape index (κ2) is 5.24. The summed E-state index contributed by atoms with van der Waals surface area (Å²) < 4.78 is 10.5. The summed E-state index contributed by atoms with van der Waals surface area (Å²) in [5.74, 6) is -1.12. The fraction of sp³-hybridized carbons (Fsp3) is 0.833. The van der Waals surface area contributed by atoms with Crippen molar-refractivity contribution in [2.24, 2.45) is 5.41 Å². The second-order valence-electron chi connectivity index (χ2n) is 5.11. The zero-order chi connectivity index (χ0) is 13.2. The quantitative estimate of drug-likeness (QED) is 0.752. The molecule has 1 aliphatic carbocycles. The summed E-state index contributed by atoms with van der Waals surface area (Å²) in [7, 11) is 0. The third-order valence-corrected chi connectivity index (χ3v) is 3.87. The number of carboxylic acids is 1. The van der Waals surface area contributed by atoms with Gasteiger partial charge in [-0.3, -0.25) is 9.59 Å². The summed E-state index contributed by atoms with van der Waals surface area (Å²) in [4.78, 5) is 23.2. The number of ether oxygens (including phenoxy) is 2. The van der Waals surface area contributed by atoms with Crippen LogP contribution < -0.4 is 5.32 Å². The van der Waals surface area contributed by atoms with E-state index in [0.29, 0.717) is 26.1 Å². The van der Waals surface area contributed by atoms with Gasteiger partial charge in [0.2, 0.25) is 0 Å². The Bertz CT molecular complexity index is 339. The minimum absolute atomic E-state index is 0.238. The predicted molar refractivity (Wildman–Crippen MR) is 62.1 cm³/mol. The third-order valence-electron chi connectivity index (χ3n) is 3.87. The molecule has 0 bridgehead atoms. The van der Waals surface area contributed by atoms with E-state index in [1.807, 2.05) is 0 Å². The number of hydrogen-bond acceptors (Lipinski definition) is 4. The van der Waals surface area contributed by atoms with Crippen molar-refractivity contribution in [3.63, 3.8) is 0 Å². The standard InChI is InChI=1S/C12H19NO5/c1-12(11(15)16)4-2-3-9(12)13-10(14)8-7-17-5-6-18-8/h8-9H,2-7H2,1H3,(H,13,14)(H,15,16). The van der Waals surface area contributed by atoms with Gasteiger partial charge in [-0.15, -0.1) is 0 Å². The SMILES string of the molecule is CC1(C(=O)O)CCCC1NC(=O)C1COCCO1. The molecule has 0 aromatic rings. The Morgan fingerprint density at radius 3 is 2.78 bits per heavy atom. The molecular formula is C12H19NO5. The molecule has 102 valence electrons. The molecule has 1 saturated heterocycles. The maximum absolute atomic E-state index is 12.0. The van der Waals surface area contributed by atoms with Crippen LogP contribution in [0.2, 0.25) is 0 Å². The summed E-state index contributed by atoms with van der Waals surface area (Å²) in [6.45, 7) is 2.83. The zero-order valence-electron chi connectivity index (χ0n) is 10.5. The van der Waals surface area contributed by atoms with Crippen molar-refractivity contribution < 1.29 is 24.2 Å². The first-order valence-electron chi connectivity index (χ1n) is 6.27. The molecule has 6 heteroatoms. The van der Waals surface area contributed by atoms with Crippen molar-refractivity contribution in [3.05, 3.63) is 0 Å². The Balaban J connectivity index is 1.95. The Labute approximate surface area is 106 Å². The van der Waals surface area contributed by atoms with Crippen LogP contribution in [0.3, 0.4) is 0 Å². The molecule has 18 heavy (non-hydrogen) atoms. The van der Waals surface area contributed by atoms with Crippen LogP contribution in [0.5, 0.6) is 0 Å². The molecule has 0 spiro atoms. The fourth-order valence-electron chi connectivity index (χ4n) is 2.56. The highest BCUT2D eigenvalue weighted by Crippen LogP contribution is 2.38. The number of carboxylic acid groups (broad SMARTS) is 1. The molecule has 6 nitrogen and oxygen atoms in total. The highest BCUT2D eigenvalue weighted by Gasteiger charge is 2.46. The van der Waals surface area contributed by atoms with Crippen molar-refractivity contribution in [1.29, 1.82) is 0 Å². The van der Waals surface area contributed by atoms with Crippen LogP contribution in [-0.2, 0) is 19.1 Å². The van der Waals surface area contributed by atoms with Crippen LogP contribution >= 0.6 is 0 Å². The maximum atomic E-state index is 12.0. The Hall–Kier alpha value is -1.14. The number of rotatable bonds is 3. The van der Waals surface area contributed by atoms with Gasteiger partial charge in [0.15, 0.2) is 6.10 Å². The molecule has 1 saturated carbocycles. The van der Waals surface area contributed by atoms with Crippen molar-refractivity contribution in [3.8, 4) is 0 Å². The number of nitrogens with one attached hydrogen (secondary N) is 1. The Morgan fingerprint density at radius 2 is 2.17 bits per heavy atom. The van der Waals surface area contributed by atoms with Gasteiger partial charge in [0.1, 0.15) is 0 Å². The molecule has 1 heterocycles. The summed E-state index contributed by atoms with van der Waals surface area (Å²) in [6.07, 6.45) is 1.49. The van der Waals surface area contributed by atoms with Gasteiger partial charge in [-0.25, -0.2) is 0 Å². The number of hydrogen-bond donors (Lipinski definition) is 2. The van der Waals surface area contributed by atoms with Gasteiger partial charge in [-0.2, -0.15) is 0 Å². The van der Waals surface area contributed by atoms with Crippen molar-refractivity contribution in [1.82, 2.24) is 5.32 Å². The lowest BCUT2D eigenvalue weighted by Crippen LogP contribution is -2.52. The molecule has 0 aromatic heterocycles. The van der Waals surface area contributed by atoms with Crippen LogP contribution in [-0.4, -0.2) is 48.9 Å². The first kappa shape index (κ1) is 13.3. The van der Waals surface area contributed by atoms with E-state index in [9.17, 15) is 14.7 Å². The van der Waals surface area contributed by atoms with Gasteiger partial charge in [0.05, 0.1) is 25.2 Å². The van der Waals surface area contributed by atoms with Crippen LogP contribution in [0.15, 0.2) is 0 Å². The van der Waals surface area contributed by atoms with E-state index < -0.39 is 17.5 Å². The van der Waals surface area contributed by atoms with Crippen molar-refractivity contribution in [2.75, 3.05) is 19.8 Å². The minimum atomic E-state index is -0.870. The molecule has 3 unspecified atom stereocenters. The molecule has 3 atom stereocenters. The van der Waals surface area contributed by atoms with E-state index >= 15 is 0 Å². The number of carbonyl (C=O) groups excluding carboxylic acids is 1. The monoisotopic (exact) mass is 257 g/mol. The lowest BCUT2D eigenvalue weighted by molar-refractivity contribution is -0.152. The maximum Gasteiger partial charge on any atom is 0.311 e. The first-order valence-corrected chi connectivity index (χ1v) is 6.27. The highest BCUT2D eigenvalue weighted by molar-refractivity contribution is 5.83. The molecule has 1 aliphatic heterocycles. The van der Waals surface area contributed by atoms with E-state index in [-0.39, 0.29) is 18.6 Å². The van der Waals surface area contributed by atoms with E-state index in [0.717, 1.165) is 6.42 Å². The normalized spacial score (nSPS) is 36.3. The van der Waals surface area contributed by atoms with Gasteiger partial charge >= 0.3 is 5.97 Å². The van der Waals surface area contributed by atoms with Gasteiger partial charge in [-0.05, 0) is 19.8 Å². The number of carbonyl (C=O) groups is 2. The Morgan fingerprint density at radius 1 is 1.39 bits per heavy atom. The van der Waals surface area contributed by atoms with Gasteiger partial charge < -0.3 is 19.9 Å². The van der Waals surface area contributed by atoms with Crippen LogP contribution in [0.25, 0.3) is 0 Å². The van der Waals surface area contributed by atoms with Crippen molar-refractivity contribution >= 4 is 11.9 Å². The first-order chi connectivity index (χ1) is 8.54. The predicted octanol–water partition coefficient (Wildman–Crippen LogP) is 0.161. The summed E-state index contributed by atoms with van der Waals surface area (Å²) in [5, 5.41) is 12.1. The highest BCUT2D eigenvalue weighted by atomic mass is 16.6. The lowest BCUT2D eigenvalue weighted by atomic mass is 9.85. The fourth-order valence-corrected chi connectivity index (χ4v) is 2.56. The summed E-state index contributed by atoms with van der Waals surface area (Å²) in [6, 6.07) is -0.326. The molecule has 0 aromatic carbocycles. The van der Waals surface area contributed by atoms with Crippen molar-refractivity contribution in [2.45, 2.75) is 38.3 Å². The lowest BCUT2D eigenvalue weighted by Gasteiger charge is -2.30. The third kappa shape index (κ3) is 2.49. The summed E-state index contributed by atoms with van der Waals surface area (Å²) >= 11 is 0. The molecular weight excluding hydrogens is 238 g/mol. The van der Waals surface area contributed by atoms with Crippen LogP contribution in [0.4, 0.5) is 0 Å². The van der Waals surface area contributed by atoms with Gasteiger partial charge in [0, 0.05) is 6.04 Å². The molecule has 2 aliphatic rings. The number of amides is 1. The molecule has 2 N–H and O–H groups in total. The Kier molecular flexibility index (Phi) is 3.87. The van der Waals surface area contributed by atoms with Gasteiger partial charge in [-0.1, -0.05) is 6.42 Å². The zero-order valence-corrected chi connectivity index (χ0v) is 10.5. The molecule has 2 rings (SSSR count). The molecule has 0 radical (unpaired) electrons. The van der Waals surface area contributed by atoms with E-state index in [4.69, 9.17) is 9.47 Å². The average molecular weight is 257 g/mol. The summed E-state index contributed by atoms with van der Waals surface area (Å²) in [5.41, 5.74) is -0.870. The minimum Gasteiger partial charge on any atom is -0.481 e. The topological polar surface area (TPSA) is 84.9 Å². The molecule has 1 amide bonds. The second-order valence-corrected chi connectivity index (χ2v) is 5.11. The van der Waals surface area contributed by atoms with Crippen LogP contribution in [0.1, 0.15) is 26.2 Å². The van der Waals surface area contributed by atoms with Gasteiger partial charge in [0.25, 0.3) is 5.91 Å². The number of aliphatic carboxylic acids is 1. The van der Waals surface area contributed by atoms with Crippen LogP contribution in [0, 0.1) is 5.41 Å².